The van der Waals surface area contributed by atoms with Crippen molar-refractivity contribution in [2.24, 2.45) is 11.8 Å². The van der Waals surface area contributed by atoms with Crippen LogP contribution in [0.2, 0.25) is 0 Å². The van der Waals surface area contributed by atoms with E-state index >= 15 is 0 Å². The molecule has 1 aliphatic rings. The van der Waals surface area contributed by atoms with Crippen LogP contribution in [0.15, 0.2) is 24.3 Å². The van der Waals surface area contributed by atoms with E-state index in [0.29, 0.717) is 5.92 Å². The Labute approximate surface area is 134 Å². The van der Waals surface area contributed by atoms with Crippen molar-refractivity contribution >= 4 is 0 Å². The van der Waals surface area contributed by atoms with Crippen molar-refractivity contribution < 1.29 is 9.84 Å². The van der Waals surface area contributed by atoms with E-state index in [0.717, 1.165) is 50.6 Å². The molecule has 0 amide bonds. The molecule has 2 rings (SSSR count). The largest absolute Gasteiger partial charge is 0.493 e. The minimum absolute atomic E-state index is 0.223. The van der Waals surface area contributed by atoms with Crippen LogP contribution in [0.4, 0.5) is 0 Å². The molecule has 1 aromatic carbocycles. The van der Waals surface area contributed by atoms with E-state index in [2.05, 4.69) is 31.0 Å². The van der Waals surface area contributed by atoms with Gasteiger partial charge in [-0.15, -0.1) is 0 Å². The van der Waals surface area contributed by atoms with Gasteiger partial charge in [-0.1, -0.05) is 32.9 Å². The molecular weight excluding hydrogens is 276 g/mol. The van der Waals surface area contributed by atoms with Crippen molar-refractivity contribution in [3.63, 3.8) is 0 Å². The van der Waals surface area contributed by atoms with Crippen molar-refractivity contribution in [1.82, 2.24) is 10.2 Å². The second-order valence-electron chi connectivity index (χ2n) is 6.75. The Bertz CT molecular complexity index is 427. The Balaban J connectivity index is 1.86. The van der Waals surface area contributed by atoms with E-state index in [9.17, 15) is 5.11 Å². The third kappa shape index (κ3) is 5.27. The molecule has 0 spiro atoms. The van der Waals surface area contributed by atoms with E-state index in [1.54, 1.807) is 0 Å². The standard InChI is InChI=1S/C18H30N2O2/c1-14(2)13-22-17-6-4-16(5-7-17)18(21)15(3)12-20-10-8-19-9-11-20/h4-7,14-15,18-19,21H,8-13H2,1-3H3. The maximum atomic E-state index is 10.5. The SMILES string of the molecule is CC(C)COc1ccc(C(O)C(C)CN2CCNCC2)cc1. The monoisotopic (exact) mass is 306 g/mol. The van der Waals surface area contributed by atoms with Gasteiger partial charge in [0, 0.05) is 32.7 Å². The molecule has 2 N–H and O–H groups in total. The van der Waals surface area contributed by atoms with Gasteiger partial charge in [0.15, 0.2) is 0 Å². The molecule has 0 aliphatic carbocycles. The average molecular weight is 306 g/mol. The summed E-state index contributed by atoms with van der Waals surface area (Å²) in [5.41, 5.74) is 0.972. The molecule has 4 heteroatoms. The highest BCUT2D eigenvalue weighted by Crippen LogP contribution is 2.25. The van der Waals surface area contributed by atoms with Crippen LogP contribution in [0.3, 0.4) is 0 Å². The number of nitrogens with zero attached hydrogens (tertiary/aromatic N) is 1. The maximum absolute atomic E-state index is 10.5. The van der Waals surface area contributed by atoms with Crippen molar-refractivity contribution in [2.75, 3.05) is 39.3 Å². The molecule has 0 bridgehead atoms. The fourth-order valence-electron chi connectivity index (χ4n) is 2.75. The van der Waals surface area contributed by atoms with Crippen LogP contribution in [-0.4, -0.2) is 49.3 Å². The van der Waals surface area contributed by atoms with Crippen LogP contribution in [0.1, 0.15) is 32.4 Å². The third-order valence-corrected chi connectivity index (χ3v) is 4.10. The first kappa shape index (κ1) is 17.3. The van der Waals surface area contributed by atoms with Crippen LogP contribution in [0.5, 0.6) is 5.75 Å². The topological polar surface area (TPSA) is 44.7 Å². The lowest BCUT2D eigenvalue weighted by atomic mass is 9.96. The molecular formula is C18H30N2O2. The smallest absolute Gasteiger partial charge is 0.119 e. The first-order chi connectivity index (χ1) is 10.6. The molecule has 1 saturated heterocycles. The molecule has 124 valence electrons. The van der Waals surface area contributed by atoms with Gasteiger partial charge in [0.1, 0.15) is 5.75 Å². The highest BCUT2D eigenvalue weighted by atomic mass is 16.5. The summed E-state index contributed by atoms with van der Waals surface area (Å²) in [5.74, 6) is 1.62. The van der Waals surface area contributed by atoms with E-state index in [1.165, 1.54) is 0 Å². The van der Waals surface area contributed by atoms with Gasteiger partial charge in [0.25, 0.3) is 0 Å². The number of piperazine rings is 1. The second-order valence-corrected chi connectivity index (χ2v) is 6.75. The lowest BCUT2D eigenvalue weighted by Gasteiger charge is -2.31. The molecule has 4 nitrogen and oxygen atoms in total. The summed E-state index contributed by atoms with van der Waals surface area (Å²) >= 11 is 0. The van der Waals surface area contributed by atoms with Crippen molar-refractivity contribution in [3.05, 3.63) is 29.8 Å². The minimum Gasteiger partial charge on any atom is -0.493 e. The van der Waals surface area contributed by atoms with E-state index in [-0.39, 0.29) is 5.92 Å². The van der Waals surface area contributed by atoms with Gasteiger partial charge in [-0.05, 0) is 29.5 Å². The van der Waals surface area contributed by atoms with Crippen LogP contribution >= 0.6 is 0 Å². The zero-order valence-corrected chi connectivity index (χ0v) is 14.1. The molecule has 2 unspecified atom stereocenters. The number of nitrogens with one attached hydrogen (secondary N) is 1. The molecule has 1 aromatic rings. The third-order valence-electron chi connectivity index (χ3n) is 4.10. The van der Waals surface area contributed by atoms with E-state index in [1.807, 2.05) is 24.3 Å². The molecule has 1 heterocycles. The Kier molecular flexibility index (Phi) is 6.68. The van der Waals surface area contributed by atoms with Gasteiger partial charge in [0.05, 0.1) is 12.7 Å². The molecule has 0 radical (unpaired) electrons. The molecule has 22 heavy (non-hydrogen) atoms. The molecule has 0 saturated carbocycles. The fourth-order valence-corrected chi connectivity index (χ4v) is 2.75. The number of hydrogen-bond acceptors (Lipinski definition) is 4. The van der Waals surface area contributed by atoms with Crippen LogP contribution in [-0.2, 0) is 0 Å². The number of ether oxygens (including phenoxy) is 1. The lowest BCUT2D eigenvalue weighted by Crippen LogP contribution is -2.45. The van der Waals surface area contributed by atoms with Gasteiger partial charge in [-0.2, -0.15) is 0 Å². The summed E-state index contributed by atoms with van der Waals surface area (Å²) in [5, 5.41) is 13.9. The summed E-state index contributed by atoms with van der Waals surface area (Å²) in [4.78, 5) is 2.42. The van der Waals surface area contributed by atoms with Crippen LogP contribution in [0.25, 0.3) is 0 Å². The molecule has 1 fully saturated rings. The van der Waals surface area contributed by atoms with Gasteiger partial charge < -0.3 is 20.1 Å². The number of benzene rings is 1. The molecule has 2 atom stereocenters. The van der Waals surface area contributed by atoms with Gasteiger partial charge >= 0.3 is 0 Å². The summed E-state index contributed by atoms with van der Waals surface area (Å²) in [6.45, 7) is 12.3. The summed E-state index contributed by atoms with van der Waals surface area (Å²) in [7, 11) is 0. The number of aliphatic hydroxyl groups is 1. The van der Waals surface area contributed by atoms with E-state index < -0.39 is 6.10 Å². The predicted octanol–water partition coefficient (Wildman–Crippen LogP) is 2.30. The highest BCUT2D eigenvalue weighted by Gasteiger charge is 2.20. The van der Waals surface area contributed by atoms with Crippen molar-refractivity contribution in [1.29, 1.82) is 0 Å². The zero-order valence-electron chi connectivity index (χ0n) is 14.1. The summed E-state index contributed by atoms with van der Waals surface area (Å²) < 4.78 is 5.69. The Hall–Kier alpha value is -1.10. The van der Waals surface area contributed by atoms with Gasteiger partial charge in [-0.3, -0.25) is 0 Å². The quantitative estimate of drug-likeness (QED) is 0.811. The second kappa shape index (κ2) is 8.51. The van der Waals surface area contributed by atoms with Crippen molar-refractivity contribution in [2.45, 2.75) is 26.9 Å². The molecule has 0 aromatic heterocycles. The van der Waals surface area contributed by atoms with Crippen LogP contribution < -0.4 is 10.1 Å². The van der Waals surface area contributed by atoms with E-state index in [4.69, 9.17) is 4.74 Å². The fraction of sp³-hybridized carbons (Fsp3) is 0.667. The Morgan fingerprint density at radius 1 is 1.14 bits per heavy atom. The maximum Gasteiger partial charge on any atom is 0.119 e. The lowest BCUT2D eigenvalue weighted by molar-refractivity contribution is 0.0842. The number of rotatable bonds is 7. The first-order valence-corrected chi connectivity index (χ1v) is 8.40. The first-order valence-electron chi connectivity index (χ1n) is 8.40. The summed E-state index contributed by atoms with van der Waals surface area (Å²) in [6, 6.07) is 7.88. The normalized spacial score (nSPS) is 19.1. The number of aliphatic hydroxyl groups excluding tert-OH is 1. The Morgan fingerprint density at radius 3 is 2.36 bits per heavy atom. The predicted molar refractivity (Wildman–Crippen MR) is 90.2 cm³/mol. The van der Waals surface area contributed by atoms with Gasteiger partial charge in [0.2, 0.25) is 0 Å². The number of hydrogen-bond donors (Lipinski definition) is 2. The van der Waals surface area contributed by atoms with Gasteiger partial charge in [-0.25, -0.2) is 0 Å². The molecule has 1 aliphatic heterocycles. The van der Waals surface area contributed by atoms with Crippen molar-refractivity contribution in [3.8, 4) is 5.75 Å². The van der Waals surface area contributed by atoms with Crippen LogP contribution in [0, 0.1) is 11.8 Å². The summed E-state index contributed by atoms with van der Waals surface area (Å²) in [6.07, 6.45) is -0.422. The minimum atomic E-state index is -0.422. The Morgan fingerprint density at radius 2 is 1.77 bits per heavy atom. The highest BCUT2D eigenvalue weighted by molar-refractivity contribution is 5.28. The average Bonchev–Trinajstić information content (AvgIpc) is 2.53. The zero-order chi connectivity index (χ0) is 15.9.